The van der Waals surface area contributed by atoms with Crippen LogP contribution in [0.4, 0.5) is 0 Å². The molecule has 3 fully saturated rings. The summed E-state index contributed by atoms with van der Waals surface area (Å²) in [5.74, 6) is 1.59. The molecule has 1 N–H and O–H groups in total. The monoisotopic (exact) mass is 488 g/mol. The molecule has 36 heavy (non-hydrogen) atoms. The summed E-state index contributed by atoms with van der Waals surface area (Å²) < 4.78 is 0. The van der Waals surface area contributed by atoms with Crippen LogP contribution in [0.15, 0.2) is 42.6 Å². The van der Waals surface area contributed by atoms with Crippen LogP contribution in [-0.4, -0.2) is 59.3 Å². The Morgan fingerprint density at radius 2 is 1.67 bits per heavy atom. The van der Waals surface area contributed by atoms with Gasteiger partial charge in [0, 0.05) is 44.8 Å². The number of hydrogen-bond donors (Lipinski definition) is 1. The first-order valence-corrected chi connectivity index (χ1v) is 13.8. The summed E-state index contributed by atoms with van der Waals surface area (Å²) in [6, 6.07) is 12.4. The molecule has 0 radical (unpaired) electrons. The standard InChI is InChI=1S/C30H40N4O2/c1-21-13-15-31-22(2)28(21)30(36)34-19-25-17-33(18-26(25)20-34)16-14-27(23-9-5-3-6-10-23)32-29(35)24-11-7-4-8-12-24/h3,5-6,9-10,13,15,24-27H,4,7-8,11-12,14,16-20H2,1-2H3,(H,32,35)/t25-,26?,27?/m0/s1. The fraction of sp³-hybridized carbons (Fsp3) is 0.567. The maximum atomic E-state index is 13.2. The van der Waals surface area contributed by atoms with Gasteiger partial charge in [0.05, 0.1) is 17.3 Å². The second kappa shape index (κ2) is 11.1. The highest BCUT2D eigenvalue weighted by Crippen LogP contribution is 2.33. The number of carbonyl (C=O) groups excluding carboxylic acids is 2. The highest BCUT2D eigenvalue weighted by Gasteiger charge is 2.42. The first kappa shape index (κ1) is 24.9. The lowest BCUT2D eigenvalue weighted by Crippen LogP contribution is -2.37. The number of likely N-dealkylation sites (tertiary alicyclic amines) is 2. The van der Waals surface area contributed by atoms with E-state index in [1.165, 1.54) is 24.8 Å². The molecule has 1 aromatic carbocycles. The molecule has 2 aromatic rings. The van der Waals surface area contributed by atoms with Crippen LogP contribution < -0.4 is 5.32 Å². The zero-order valence-electron chi connectivity index (χ0n) is 21.8. The van der Waals surface area contributed by atoms with E-state index >= 15 is 0 Å². The normalized spacial score (nSPS) is 23.4. The van der Waals surface area contributed by atoms with Crippen LogP contribution in [0.1, 0.15) is 71.7 Å². The van der Waals surface area contributed by atoms with Crippen LogP contribution in [0.25, 0.3) is 0 Å². The van der Waals surface area contributed by atoms with Crippen molar-refractivity contribution < 1.29 is 9.59 Å². The van der Waals surface area contributed by atoms with Gasteiger partial charge in [0.2, 0.25) is 5.91 Å². The van der Waals surface area contributed by atoms with E-state index in [1.807, 2.05) is 30.9 Å². The average Bonchev–Trinajstić information content (AvgIpc) is 3.46. The first-order chi connectivity index (χ1) is 17.5. The Labute approximate surface area is 215 Å². The van der Waals surface area contributed by atoms with E-state index < -0.39 is 0 Å². The van der Waals surface area contributed by atoms with Crippen LogP contribution in [0.5, 0.6) is 0 Å². The van der Waals surface area contributed by atoms with Crippen LogP contribution in [0.3, 0.4) is 0 Å². The SMILES string of the molecule is Cc1ccnc(C)c1C(=O)N1CC2CN(CCC(NC(=O)C3CCCCC3)c3ccccc3)C[C@H]2C1. The number of nitrogens with zero attached hydrogens (tertiary/aromatic N) is 3. The van der Waals surface area contributed by atoms with Gasteiger partial charge >= 0.3 is 0 Å². The molecule has 6 nitrogen and oxygen atoms in total. The third kappa shape index (κ3) is 5.49. The van der Waals surface area contributed by atoms with Gasteiger partial charge in [0.1, 0.15) is 0 Å². The maximum Gasteiger partial charge on any atom is 0.255 e. The van der Waals surface area contributed by atoms with Gasteiger partial charge in [0.25, 0.3) is 5.91 Å². The molecule has 2 aliphatic heterocycles. The molecular weight excluding hydrogens is 448 g/mol. The van der Waals surface area contributed by atoms with Crippen LogP contribution in [-0.2, 0) is 4.79 Å². The van der Waals surface area contributed by atoms with E-state index in [-0.39, 0.29) is 23.8 Å². The highest BCUT2D eigenvalue weighted by molar-refractivity contribution is 5.96. The molecule has 0 spiro atoms. The van der Waals surface area contributed by atoms with Crippen molar-refractivity contribution in [1.82, 2.24) is 20.1 Å². The van der Waals surface area contributed by atoms with Crippen LogP contribution in [0.2, 0.25) is 0 Å². The Hall–Kier alpha value is -2.73. The van der Waals surface area contributed by atoms with Crippen molar-refractivity contribution >= 4 is 11.8 Å². The van der Waals surface area contributed by atoms with Gasteiger partial charge in [0.15, 0.2) is 0 Å². The van der Waals surface area contributed by atoms with Crippen LogP contribution >= 0.6 is 0 Å². The Bertz CT molecular complexity index is 1030. The second-order valence-electron chi connectivity index (χ2n) is 11.2. The molecule has 5 rings (SSSR count). The molecule has 2 amide bonds. The number of hydrogen-bond acceptors (Lipinski definition) is 4. The van der Waals surface area contributed by atoms with E-state index in [4.69, 9.17) is 0 Å². The quantitative estimate of drug-likeness (QED) is 0.622. The summed E-state index contributed by atoms with van der Waals surface area (Å²) in [7, 11) is 0. The van der Waals surface area contributed by atoms with Crippen molar-refractivity contribution in [2.24, 2.45) is 17.8 Å². The van der Waals surface area contributed by atoms with Crippen molar-refractivity contribution in [2.75, 3.05) is 32.7 Å². The van der Waals surface area contributed by atoms with E-state index in [9.17, 15) is 9.59 Å². The molecule has 6 heteroatoms. The predicted octanol–water partition coefficient (Wildman–Crippen LogP) is 4.53. The Morgan fingerprint density at radius 1 is 0.972 bits per heavy atom. The minimum Gasteiger partial charge on any atom is -0.349 e. The lowest BCUT2D eigenvalue weighted by molar-refractivity contribution is -0.126. The number of aryl methyl sites for hydroxylation is 2. The molecule has 1 aromatic heterocycles. The number of benzene rings is 1. The maximum absolute atomic E-state index is 13.2. The average molecular weight is 489 g/mol. The molecule has 2 saturated heterocycles. The zero-order valence-corrected chi connectivity index (χ0v) is 21.8. The number of fused-ring (bicyclic) bond motifs is 1. The predicted molar refractivity (Wildman–Crippen MR) is 142 cm³/mol. The van der Waals surface area contributed by atoms with Crippen molar-refractivity contribution in [3.05, 3.63) is 65.0 Å². The largest absolute Gasteiger partial charge is 0.349 e. The number of rotatable bonds is 7. The van der Waals surface area contributed by atoms with E-state index in [1.54, 1.807) is 6.20 Å². The summed E-state index contributed by atoms with van der Waals surface area (Å²) in [6.45, 7) is 8.59. The topological polar surface area (TPSA) is 65.5 Å². The van der Waals surface area contributed by atoms with Gasteiger partial charge in [-0.25, -0.2) is 0 Å². The van der Waals surface area contributed by atoms with Crippen molar-refractivity contribution in [3.8, 4) is 0 Å². The Morgan fingerprint density at radius 3 is 2.33 bits per heavy atom. The van der Waals surface area contributed by atoms with Gasteiger partial charge in [-0.1, -0.05) is 49.6 Å². The number of amides is 2. The Kier molecular flexibility index (Phi) is 7.70. The minimum atomic E-state index is 0.0516. The molecule has 192 valence electrons. The number of nitrogens with one attached hydrogen (secondary N) is 1. The zero-order chi connectivity index (χ0) is 25.1. The second-order valence-corrected chi connectivity index (χ2v) is 11.2. The minimum absolute atomic E-state index is 0.0516. The van der Waals surface area contributed by atoms with Gasteiger partial charge in [-0.2, -0.15) is 0 Å². The first-order valence-electron chi connectivity index (χ1n) is 13.8. The van der Waals surface area contributed by atoms with Gasteiger partial charge in [-0.3, -0.25) is 14.6 Å². The molecular formula is C30H40N4O2. The third-order valence-electron chi connectivity index (χ3n) is 8.64. The molecule has 1 aliphatic carbocycles. The number of pyridine rings is 1. The number of aromatic nitrogens is 1. The smallest absolute Gasteiger partial charge is 0.255 e. The molecule has 3 aliphatic rings. The summed E-state index contributed by atoms with van der Waals surface area (Å²) >= 11 is 0. The molecule has 0 bridgehead atoms. The lowest BCUT2D eigenvalue weighted by atomic mass is 9.88. The Balaban J connectivity index is 1.16. The molecule has 1 saturated carbocycles. The number of carbonyl (C=O) groups is 2. The third-order valence-corrected chi connectivity index (χ3v) is 8.64. The molecule has 3 atom stereocenters. The van der Waals surface area contributed by atoms with E-state index in [2.05, 4.69) is 39.5 Å². The molecule has 2 unspecified atom stereocenters. The van der Waals surface area contributed by atoms with Crippen molar-refractivity contribution in [3.63, 3.8) is 0 Å². The fourth-order valence-corrected chi connectivity index (χ4v) is 6.59. The summed E-state index contributed by atoms with van der Waals surface area (Å²) in [5, 5.41) is 3.40. The summed E-state index contributed by atoms with van der Waals surface area (Å²) in [6.07, 6.45) is 8.34. The molecule has 3 heterocycles. The van der Waals surface area contributed by atoms with Crippen molar-refractivity contribution in [1.29, 1.82) is 0 Å². The lowest BCUT2D eigenvalue weighted by Gasteiger charge is -2.27. The van der Waals surface area contributed by atoms with E-state index in [0.717, 1.165) is 68.8 Å². The van der Waals surface area contributed by atoms with Crippen molar-refractivity contribution in [2.45, 2.75) is 58.4 Å². The van der Waals surface area contributed by atoms with Gasteiger partial charge in [-0.15, -0.1) is 0 Å². The summed E-state index contributed by atoms with van der Waals surface area (Å²) in [4.78, 5) is 35.2. The van der Waals surface area contributed by atoms with E-state index in [0.29, 0.717) is 11.8 Å². The van der Waals surface area contributed by atoms with Gasteiger partial charge < -0.3 is 15.1 Å². The fourth-order valence-electron chi connectivity index (χ4n) is 6.59. The van der Waals surface area contributed by atoms with Crippen LogP contribution in [0, 0.1) is 31.6 Å². The highest BCUT2D eigenvalue weighted by atomic mass is 16.2. The van der Waals surface area contributed by atoms with Gasteiger partial charge in [-0.05, 0) is 62.1 Å². The summed E-state index contributed by atoms with van der Waals surface area (Å²) in [5.41, 5.74) is 3.79.